The van der Waals surface area contributed by atoms with Crippen LogP contribution in [0.25, 0.3) is 0 Å². The normalized spacial score (nSPS) is 17.0. The van der Waals surface area contributed by atoms with Gasteiger partial charge in [-0.3, -0.25) is 0 Å². The molecule has 0 aliphatic carbocycles. The maximum absolute atomic E-state index is 14.2. The van der Waals surface area contributed by atoms with Gasteiger partial charge < -0.3 is 15.3 Å². The van der Waals surface area contributed by atoms with Crippen molar-refractivity contribution in [3.8, 4) is 0 Å². The van der Waals surface area contributed by atoms with E-state index in [2.05, 4.69) is 10.0 Å². The largest absolute Gasteiger partial charge is 0.395 e. The third kappa shape index (κ3) is 3.95. The highest BCUT2D eigenvalue weighted by Crippen LogP contribution is 2.25. The van der Waals surface area contributed by atoms with Gasteiger partial charge in [-0.15, -0.1) is 0 Å². The predicted molar refractivity (Wildman–Crippen MR) is 83.0 cm³/mol. The van der Waals surface area contributed by atoms with Gasteiger partial charge in [-0.25, -0.2) is 17.5 Å². The molecule has 0 bridgehead atoms. The minimum absolute atomic E-state index is 0.0734. The van der Waals surface area contributed by atoms with Crippen LogP contribution in [0.1, 0.15) is 12.8 Å². The SMILES string of the molecule is CNS(=O)(=O)c1ccc(N2CCC(NCCO)CC2)c(F)c1. The van der Waals surface area contributed by atoms with Crippen molar-refractivity contribution in [2.75, 3.05) is 38.2 Å². The summed E-state index contributed by atoms with van der Waals surface area (Å²) in [5.74, 6) is -0.530. The quantitative estimate of drug-likeness (QED) is 0.698. The molecule has 0 spiro atoms. The molecule has 1 aliphatic rings. The topological polar surface area (TPSA) is 81.7 Å². The molecular weight excluding hydrogens is 309 g/mol. The number of hydrogen-bond donors (Lipinski definition) is 3. The van der Waals surface area contributed by atoms with Gasteiger partial charge in [0.2, 0.25) is 10.0 Å². The van der Waals surface area contributed by atoms with Crippen molar-refractivity contribution < 1.29 is 17.9 Å². The molecule has 1 saturated heterocycles. The third-order valence-electron chi connectivity index (χ3n) is 3.88. The molecule has 3 N–H and O–H groups in total. The van der Waals surface area contributed by atoms with Crippen molar-refractivity contribution in [2.45, 2.75) is 23.8 Å². The average Bonchev–Trinajstić information content (AvgIpc) is 2.53. The summed E-state index contributed by atoms with van der Waals surface area (Å²) in [5.41, 5.74) is 0.427. The highest BCUT2D eigenvalue weighted by molar-refractivity contribution is 7.89. The second-order valence-corrected chi connectivity index (χ2v) is 7.15. The smallest absolute Gasteiger partial charge is 0.240 e. The summed E-state index contributed by atoms with van der Waals surface area (Å²) >= 11 is 0. The van der Waals surface area contributed by atoms with Crippen LogP contribution in [0, 0.1) is 5.82 Å². The summed E-state index contributed by atoms with van der Waals surface area (Å²) in [6, 6.07) is 4.31. The molecule has 1 fully saturated rings. The van der Waals surface area contributed by atoms with E-state index in [1.807, 2.05) is 4.90 Å². The van der Waals surface area contributed by atoms with Crippen LogP contribution in [-0.2, 0) is 10.0 Å². The highest BCUT2D eigenvalue weighted by Gasteiger charge is 2.22. The standard InChI is InChI=1S/C14H22FN3O3S/c1-16-22(20,21)12-2-3-14(13(15)10-12)18-7-4-11(5-8-18)17-6-9-19/h2-3,10-11,16-17,19H,4-9H2,1H3. The molecule has 22 heavy (non-hydrogen) atoms. The summed E-state index contributed by atoms with van der Waals surface area (Å²) in [7, 11) is -2.33. The Bertz CT molecular complexity index is 601. The van der Waals surface area contributed by atoms with Crippen LogP contribution in [0.4, 0.5) is 10.1 Å². The summed E-state index contributed by atoms with van der Waals surface area (Å²) in [6.07, 6.45) is 1.71. The molecule has 0 radical (unpaired) electrons. The van der Waals surface area contributed by atoms with Crippen molar-refractivity contribution in [1.29, 1.82) is 0 Å². The minimum atomic E-state index is -3.63. The zero-order valence-corrected chi connectivity index (χ0v) is 13.4. The lowest BCUT2D eigenvalue weighted by Gasteiger charge is -2.34. The van der Waals surface area contributed by atoms with Crippen LogP contribution >= 0.6 is 0 Å². The number of halogens is 1. The van der Waals surface area contributed by atoms with E-state index in [4.69, 9.17) is 5.11 Å². The number of nitrogens with one attached hydrogen (secondary N) is 2. The Morgan fingerprint density at radius 1 is 1.36 bits per heavy atom. The van der Waals surface area contributed by atoms with Crippen LogP contribution in [0.2, 0.25) is 0 Å². The molecule has 1 aromatic carbocycles. The van der Waals surface area contributed by atoms with Crippen molar-refractivity contribution in [2.24, 2.45) is 0 Å². The van der Waals surface area contributed by atoms with E-state index in [0.717, 1.165) is 18.9 Å². The Morgan fingerprint density at radius 3 is 2.59 bits per heavy atom. The van der Waals surface area contributed by atoms with Gasteiger partial charge >= 0.3 is 0 Å². The van der Waals surface area contributed by atoms with E-state index in [9.17, 15) is 12.8 Å². The summed E-state index contributed by atoms with van der Waals surface area (Å²) in [4.78, 5) is 1.85. The van der Waals surface area contributed by atoms with Crippen LogP contribution in [0.15, 0.2) is 23.1 Å². The zero-order valence-electron chi connectivity index (χ0n) is 12.5. The van der Waals surface area contributed by atoms with Crippen LogP contribution < -0.4 is 14.9 Å². The number of aliphatic hydroxyl groups is 1. The van der Waals surface area contributed by atoms with Gasteiger partial charge in [0.05, 0.1) is 17.2 Å². The number of rotatable bonds is 6. The molecule has 124 valence electrons. The lowest BCUT2D eigenvalue weighted by atomic mass is 10.0. The van der Waals surface area contributed by atoms with Crippen molar-refractivity contribution in [1.82, 2.24) is 10.0 Å². The van der Waals surface area contributed by atoms with Gasteiger partial charge in [-0.05, 0) is 38.1 Å². The molecule has 0 aromatic heterocycles. The Morgan fingerprint density at radius 2 is 2.05 bits per heavy atom. The first-order valence-corrected chi connectivity index (χ1v) is 8.78. The molecule has 1 aromatic rings. The van der Waals surface area contributed by atoms with Crippen molar-refractivity contribution in [3.63, 3.8) is 0 Å². The lowest BCUT2D eigenvalue weighted by molar-refractivity contribution is 0.277. The number of sulfonamides is 1. The molecular formula is C14H22FN3O3S. The Labute approximate surface area is 130 Å². The Hall–Kier alpha value is -1.22. The molecule has 2 rings (SSSR count). The van der Waals surface area contributed by atoms with Gasteiger partial charge in [0.15, 0.2) is 0 Å². The maximum Gasteiger partial charge on any atom is 0.240 e. The van der Waals surface area contributed by atoms with Gasteiger partial charge in [-0.1, -0.05) is 0 Å². The van der Waals surface area contributed by atoms with E-state index in [-0.39, 0.29) is 11.5 Å². The molecule has 6 nitrogen and oxygen atoms in total. The average molecular weight is 331 g/mol. The summed E-state index contributed by atoms with van der Waals surface area (Å²) in [6.45, 7) is 2.06. The number of anilines is 1. The van der Waals surface area contributed by atoms with Gasteiger partial charge in [-0.2, -0.15) is 0 Å². The van der Waals surface area contributed by atoms with Gasteiger partial charge in [0.1, 0.15) is 5.82 Å². The number of piperidine rings is 1. The second-order valence-electron chi connectivity index (χ2n) is 5.26. The molecule has 0 atom stereocenters. The molecule has 1 aliphatic heterocycles. The molecule has 8 heteroatoms. The Kier molecular flexibility index (Phi) is 5.74. The van der Waals surface area contributed by atoms with Crippen molar-refractivity contribution >= 4 is 15.7 Å². The number of hydrogen-bond acceptors (Lipinski definition) is 5. The molecule has 0 saturated carbocycles. The van der Waals surface area contributed by atoms with Crippen molar-refractivity contribution in [3.05, 3.63) is 24.0 Å². The van der Waals surface area contributed by atoms with Gasteiger partial charge in [0.25, 0.3) is 0 Å². The minimum Gasteiger partial charge on any atom is -0.395 e. The van der Waals surface area contributed by atoms with Crippen LogP contribution in [0.5, 0.6) is 0 Å². The van der Waals surface area contributed by atoms with E-state index in [0.29, 0.717) is 31.4 Å². The zero-order chi connectivity index (χ0) is 16.2. The first-order chi connectivity index (χ1) is 10.5. The van der Waals surface area contributed by atoms with Crippen LogP contribution in [0.3, 0.4) is 0 Å². The second kappa shape index (κ2) is 7.36. The fourth-order valence-electron chi connectivity index (χ4n) is 2.62. The molecule has 0 unspecified atom stereocenters. The summed E-state index contributed by atoms with van der Waals surface area (Å²) in [5, 5.41) is 12.0. The Balaban J connectivity index is 2.05. The number of benzene rings is 1. The highest BCUT2D eigenvalue weighted by atomic mass is 32.2. The fraction of sp³-hybridized carbons (Fsp3) is 0.571. The summed E-state index contributed by atoms with van der Waals surface area (Å²) < 4.78 is 39.7. The monoisotopic (exact) mass is 331 g/mol. The van der Waals surface area contributed by atoms with E-state index in [1.54, 1.807) is 0 Å². The third-order valence-corrected chi connectivity index (χ3v) is 5.29. The first-order valence-electron chi connectivity index (χ1n) is 7.30. The predicted octanol–water partition coefficient (Wildman–Crippen LogP) is 0.284. The van der Waals surface area contributed by atoms with Crippen LogP contribution in [-0.4, -0.2) is 52.9 Å². The molecule has 1 heterocycles. The molecule has 0 amide bonds. The fourth-order valence-corrected chi connectivity index (χ4v) is 3.36. The number of aliphatic hydroxyl groups excluding tert-OH is 1. The van der Waals surface area contributed by atoms with E-state index >= 15 is 0 Å². The first kappa shape index (κ1) is 17.1. The number of nitrogens with zero attached hydrogens (tertiary/aromatic N) is 1. The van der Waals surface area contributed by atoms with E-state index in [1.165, 1.54) is 19.2 Å². The lowest BCUT2D eigenvalue weighted by Crippen LogP contribution is -2.43. The van der Waals surface area contributed by atoms with E-state index < -0.39 is 15.8 Å². The maximum atomic E-state index is 14.2. The van der Waals surface area contributed by atoms with Gasteiger partial charge in [0, 0.05) is 25.7 Å².